The first-order valence-electron chi connectivity index (χ1n) is 9.88. The van der Waals surface area contributed by atoms with Crippen LogP contribution < -0.4 is 11.1 Å². The third kappa shape index (κ3) is 7.28. The highest BCUT2D eigenvalue weighted by molar-refractivity contribution is 7.99. The zero-order valence-corrected chi connectivity index (χ0v) is 18.9. The molecule has 0 aliphatic heterocycles. The molecule has 3 aromatic carbocycles. The topological polar surface area (TPSA) is 159 Å². The summed E-state index contributed by atoms with van der Waals surface area (Å²) in [6.45, 7) is 0. The van der Waals surface area contributed by atoms with Crippen LogP contribution in [0.25, 0.3) is 22.1 Å². The van der Waals surface area contributed by atoms with E-state index in [0.717, 1.165) is 27.0 Å². The molecule has 0 saturated heterocycles. The van der Waals surface area contributed by atoms with Crippen molar-refractivity contribution in [1.29, 1.82) is 0 Å². The Morgan fingerprint density at radius 3 is 2.38 bits per heavy atom. The number of nitrogens with two attached hydrogens (primary N) is 1. The first-order chi connectivity index (χ1) is 16.4. The lowest BCUT2D eigenvalue weighted by Crippen LogP contribution is -2.11. The number of benzene rings is 3. The fraction of sp³-hybridized carbons (Fsp3) is 0.0435. The smallest absolute Gasteiger partial charge is 0.413 e. The van der Waals surface area contributed by atoms with E-state index in [9.17, 15) is 4.79 Å². The zero-order chi connectivity index (χ0) is 24.3. The summed E-state index contributed by atoms with van der Waals surface area (Å²) in [5, 5.41) is 9.71. The van der Waals surface area contributed by atoms with Gasteiger partial charge < -0.3 is 25.5 Å². The molecule has 174 valence electrons. The van der Waals surface area contributed by atoms with Gasteiger partial charge in [-0.15, -0.1) is 0 Å². The maximum absolute atomic E-state index is 11.2. The second kappa shape index (κ2) is 11.9. The van der Waals surface area contributed by atoms with Gasteiger partial charge in [-0.2, -0.15) is 0 Å². The SMILES string of the molecule is COC(=O)Nc1nc2ccc(Sc3ccccc3)cc2[nH]1.NC(=O)O.c1ccc2[nH]cnc2c1. The predicted octanol–water partition coefficient (Wildman–Crippen LogP) is 5.08. The van der Waals surface area contributed by atoms with Crippen LogP contribution >= 0.6 is 11.8 Å². The monoisotopic (exact) mass is 478 g/mol. The maximum Gasteiger partial charge on any atom is 0.413 e. The van der Waals surface area contributed by atoms with Crippen LogP contribution in [0.1, 0.15) is 0 Å². The minimum atomic E-state index is -1.33. The molecule has 0 atom stereocenters. The number of nitrogens with zero attached hydrogens (tertiary/aromatic N) is 2. The number of anilines is 1. The number of nitrogens with one attached hydrogen (secondary N) is 3. The van der Waals surface area contributed by atoms with Gasteiger partial charge in [0, 0.05) is 9.79 Å². The fourth-order valence-corrected chi connectivity index (χ4v) is 3.64. The molecule has 11 heteroatoms. The van der Waals surface area contributed by atoms with E-state index in [1.165, 1.54) is 12.0 Å². The summed E-state index contributed by atoms with van der Waals surface area (Å²) in [6.07, 6.45) is -0.182. The summed E-state index contributed by atoms with van der Waals surface area (Å²) in [6, 6.07) is 24.0. The number of rotatable bonds is 3. The van der Waals surface area contributed by atoms with Crippen LogP contribution in [0.2, 0.25) is 0 Å². The molecule has 5 rings (SSSR count). The van der Waals surface area contributed by atoms with Crippen molar-refractivity contribution in [3.05, 3.63) is 79.1 Å². The molecule has 0 fully saturated rings. The number of carbonyl (C=O) groups excluding carboxylic acids is 1. The highest BCUT2D eigenvalue weighted by atomic mass is 32.2. The van der Waals surface area contributed by atoms with Gasteiger partial charge in [0.1, 0.15) is 0 Å². The number of fused-ring (bicyclic) bond motifs is 2. The lowest BCUT2D eigenvalue weighted by atomic mass is 10.3. The normalized spacial score (nSPS) is 9.91. The number of ether oxygens (including phenoxy) is 1. The summed E-state index contributed by atoms with van der Waals surface area (Å²) in [4.78, 5) is 36.6. The number of aromatic amines is 2. The Morgan fingerprint density at radius 1 is 0.971 bits per heavy atom. The van der Waals surface area contributed by atoms with Gasteiger partial charge in [-0.3, -0.25) is 5.32 Å². The number of imidazole rings is 2. The van der Waals surface area contributed by atoms with Crippen molar-refractivity contribution in [1.82, 2.24) is 19.9 Å². The Hall–Kier alpha value is -4.51. The number of para-hydroxylation sites is 2. The van der Waals surface area contributed by atoms with E-state index < -0.39 is 12.2 Å². The van der Waals surface area contributed by atoms with Crippen molar-refractivity contribution in [2.45, 2.75) is 9.79 Å². The van der Waals surface area contributed by atoms with Gasteiger partial charge in [0.05, 0.1) is 35.5 Å². The molecule has 2 amide bonds. The first kappa shape index (κ1) is 24.1. The Labute approximate surface area is 198 Å². The van der Waals surface area contributed by atoms with Crippen LogP contribution in [0.5, 0.6) is 0 Å². The zero-order valence-electron chi connectivity index (χ0n) is 18.1. The molecule has 0 bridgehead atoms. The second-order valence-electron chi connectivity index (χ2n) is 6.55. The van der Waals surface area contributed by atoms with Gasteiger partial charge in [0.25, 0.3) is 0 Å². The number of carboxylic acid groups (broad SMARTS) is 1. The van der Waals surface area contributed by atoms with Crippen LogP contribution in [0.4, 0.5) is 15.5 Å². The van der Waals surface area contributed by atoms with Gasteiger partial charge >= 0.3 is 12.2 Å². The number of aromatic nitrogens is 4. The van der Waals surface area contributed by atoms with Crippen molar-refractivity contribution in [2.75, 3.05) is 12.4 Å². The van der Waals surface area contributed by atoms with Crippen molar-refractivity contribution < 1.29 is 19.4 Å². The van der Waals surface area contributed by atoms with Crippen molar-refractivity contribution in [3.8, 4) is 0 Å². The molecule has 34 heavy (non-hydrogen) atoms. The minimum Gasteiger partial charge on any atom is -0.465 e. The Balaban J connectivity index is 0.000000204. The standard InChI is InChI=1S/C15H13N3O2S.C7H6N2.CH3NO2/c1-20-15(19)18-14-16-12-8-7-11(9-13(12)17-14)21-10-5-3-2-4-6-10;1-2-4-7-6(3-1)8-5-9-7;2-1(3)4/h2-9H,1H3,(H2,16,17,18,19);1-5H,(H,8,9);2H2,(H,3,4). The molecular weight excluding hydrogens is 456 g/mol. The average Bonchev–Trinajstić information content (AvgIpc) is 3.46. The van der Waals surface area contributed by atoms with Gasteiger partial charge in [-0.25, -0.2) is 19.6 Å². The lowest BCUT2D eigenvalue weighted by molar-refractivity contribution is 0.186. The second-order valence-corrected chi connectivity index (χ2v) is 7.70. The van der Waals surface area contributed by atoms with Gasteiger partial charge in [0.15, 0.2) is 0 Å². The first-order valence-corrected chi connectivity index (χ1v) is 10.7. The van der Waals surface area contributed by atoms with E-state index in [4.69, 9.17) is 9.90 Å². The van der Waals surface area contributed by atoms with Gasteiger partial charge in [-0.1, -0.05) is 42.1 Å². The Bertz CT molecular complexity index is 1340. The van der Waals surface area contributed by atoms with Crippen LogP contribution in [-0.4, -0.2) is 44.3 Å². The molecule has 0 radical (unpaired) electrons. The van der Waals surface area contributed by atoms with Crippen LogP contribution in [0.3, 0.4) is 0 Å². The number of carbonyl (C=O) groups is 2. The quantitative estimate of drug-likeness (QED) is 0.242. The molecule has 0 aliphatic rings. The molecule has 0 unspecified atom stereocenters. The lowest BCUT2D eigenvalue weighted by Gasteiger charge is -2.00. The summed E-state index contributed by atoms with van der Waals surface area (Å²) < 4.78 is 4.54. The molecular formula is C23H22N6O4S. The van der Waals surface area contributed by atoms with E-state index in [2.05, 4.69) is 47.9 Å². The van der Waals surface area contributed by atoms with Crippen LogP contribution in [-0.2, 0) is 4.74 Å². The summed E-state index contributed by atoms with van der Waals surface area (Å²) >= 11 is 1.67. The molecule has 2 heterocycles. The van der Waals surface area contributed by atoms with E-state index in [1.54, 1.807) is 18.1 Å². The third-order valence-corrected chi connectivity index (χ3v) is 5.16. The highest BCUT2D eigenvalue weighted by Crippen LogP contribution is 2.29. The van der Waals surface area contributed by atoms with Crippen LogP contribution in [0.15, 0.2) is 88.9 Å². The Kier molecular flexibility index (Phi) is 8.47. The van der Waals surface area contributed by atoms with E-state index in [0.29, 0.717) is 5.95 Å². The molecule has 10 nitrogen and oxygen atoms in total. The number of methoxy groups -OCH3 is 1. The molecule has 0 saturated carbocycles. The number of amides is 2. The summed E-state index contributed by atoms with van der Waals surface area (Å²) in [5.74, 6) is 0.374. The number of hydrogen-bond acceptors (Lipinski definition) is 6. The summed E-state index contributed by atoms with van der Waals surface area (Å²) in [5.41, 5.74) is 7.80. The maximum atomic E-state index is 11.2. The number of hydrogen-bond donors (Lipinski definition) is 5. The predicted molar refractivity (Wildman–Crippen MR) is 131 cm³/mol. The van der Waals surface area contributed by atoms with E-state index >= 15 is 0 Å². The van der Waals surface area contributed by atoms with Crippen molar-refractivity contribution >= 4 is 52.0 Å². The molecule has 5 aromatic rings. The largest absolute Gasteiger partial charge is 0.465 e. The Morgan fingerprint density at radius 2 is 1.68 bits per heavy atom. The van der Waals surface area contributed by atoms with Crippen molar-refractivity contribution in [2.24, 2.45) is 5.73 Å². The van der Waals surface area contributed by atoms with E-state index in [-0.39, 0.29) is 0 Å². The fourth-order valence-electron chi connectivity index (χ4n) is 2.76. The molecule has 0 spiro atoms. The highest BCUT2D eigenvalue weighted by Gasteiger charge is 2.07. The minimum absolute atomic E-state index is 0.374. The van der Waals surface area contributed by atoms with Gasteiger partial charge in [0.2, 0.25) is 5.95 Å². The summed E-state index contributed by atoms with van der Waals surface area (Å²) in [7, 11) is 1.31. The third-order valence-electron chi connectivity index (χ3n) is 4.17. The molecule has 2 aromatic heterocycles. The van der Waals surface area contributed by atoms with Crippen LogP contribution in [0, 0.1) is 0 Å². The average molecular weight is 479 g/mol. The van der Waals surface area contributed by atoms with Gasteiger partial charge in [-0.05, 0) is 42.5 Å². The molecule has 0 aliphatic carbocycles. The number of primary amides is 1. The number of H-pyrrole nitrogens is 2. The molecule has 6 N–H and O–H groups in total. The van der Waals surface area contributed by atoms with Crippen molar-refractivity contribution in [3.63, 3.8) is 0 Å². The van der Waals surface area contributed by atoms with E-state index in [1.807, 2.05) is 60.7 Å².